The number of rotatable bonds is 3. The Balaban J connectivity index is 1.85. The van der Waals surface area contributed by atoms with Crippen molar-refractivity contribution < 1.29 is 4.79 Å². The summed E-state index contributed by atoms with van der Waals surface area (Å²) in [6, 6.07) is 8.00. The summed E-state index contributed by atoms with van der Waals surface area (Å²) >= 11 is 3.44. The maximum absolute atomic E-state index is 12.2. The summed E-state index contributed by atoms with van der Waals surface area (Å²) in [4.78, 5) is 27.6. The highest BCUT2D eigenvalue weighted by Crippen LogP contribution is 2.24. The van der Waals surface area contributed by atoms with Crippen molar-refractivity contribution in [3.63, 3.8) is 0 Å². The van der Waals surface area contributed by atoms with Gasteiger partial charge in [0, 0.05) is 35.4 Å². The lowest BCUT2D eigenvalue weighted by Crippen LogP contribution is -2.35. The highest BCUT2D eigenvalue weighted by molar-refractivity contribution is 9.10. The molecular formula is C15H16BrN3O2. The maximum Gasteiger partial charge on any atom is 0.326 e. The molecule has 2 heterocycles. The van der Waals surface area contributed by atoms with Gasteiger partial charge in [-0.15, -0.1) is 0 Å². The summed E-state index contributed by atoms with van der Waals surface area (Å²) in [6.07, 6.45) is 4.39. The number of nitrogens with zero attached hydrogens (tertiary/aromatic N) is 2. The number of halogens is 1. The number of H-pyrrole nitrogens is 1. The Morgan fingerprint density at radius 2 is 2.05 bits per heavy atom. The molecule has 21 heavy (non-hydrogen) atoms. The first-order chi connectivity index (χ1) is 10.2. The molecule has 0 bridgehead atoms. The van der Waals surface area contributed by atoms with Gasteiger partial charge in [-0.3, -0.25) is 9.36 Å². The van der Waals surface area contributed by atoms with E-state index in [1.165, 1.54) is 0 Å². The van der Waals surface area contributed by atoms with Crippen molar-refractivity contribution in [3.8, 4) is 11.3 Å². The molecule has 1 aliphatic rings. The van der Waals surface area contributed by atoms with E-state index in [9.17, 15) is 9.59 Å². The van der Waals surface area contributed by atoms with Gasteiger partial charge in [0.15, 0.2) is 0 Å². The number of aromatic amines is 1. The molecule has 0 aliphatic carbocycles. The van der Waals surface area contributed by atoms with Gasteiger partial charge in [-0.25, -0.2) is 4.79 Å². The molecule has 6 heteroatoms. The average molecular weight is 350 g/mol. The van der Waals surface area contributed by atoms with E-state index in [2.05, 4.69) is 20.9 Å². The summed E-state index contributed by atoms with van der Waals surface area (Å²) in [7, 11) is 0. The molecule has 1 aromatic carbocycles. The van der Waals surface area contributed by atoms with E-state index in [1.807, 2.05) is 30.5 Å². The van der Waals surface area contributed by atoms with Crippen LogP contribution in [-0.4, -0.2) is 34.0 Å². The number of piperidine rings is 1. The van der Waals surface area contributed by atoms with Gasteiger partial charge in [-0.1, -0.05) is 28.1 Å². The van der Waals surface area contributed by atoms with Gasteiger partial charge in [-0.05, 0) is 25.0 Å². The minimum absolute atomic E-state index is 0.0884. The molecule has 0 atom stereocenters. The van der Waals surface area contributed by atoms with Crippen LogP contribution < -0.4 is 5.69 Å². The third-order valence-corrected chi connectivity index (χ3v) is 4.41. The Labute approximate surface area is 130 Å². The third kappa shape index (κ3) is 2.95. The molecule has 1 fully saturated rings. The lowest BCUT2D eigenvalue weighted by atomic mass is 10.1. The molecule has 3 rings (SSSR count). The van der Waals surface area contributed by atoms with Crippen molar-refractivity contribution in [1.82, 2.24) is 14.5 Å². The molecule has 0 spiro atoms. The topological polar surface area (TPSA) is 58.1 Å². The fraction of sp³-hybridized carbons (Fsp3) is 0.333. The number of likely N-dealkylation sites (tertiary alicyclic amines) is 1. The van der Waals surface area contributed by atoms with E-state index in [0.29, 0.717) is 13.1 Å². The maximum atomic E-state index is 12.2. The fourth-order valence-corrected chi connectivity index (χ4v) is 3.15. The van der Waals surface area contributed by atoms with E-state index in [-0.39, 0.29) is 11.7 Å². The first-order valence-electron chi connectivity index (χ1n) is 6.94. The van der Waals surface area contributed by atoms with Crippen LogP contribution in [-0.2, 0) is 4.79 Å². The Hall–Kier alpha value is -1.82. The SMILES string of the molecule is O=CN1CCC(n2cc(-c3cccc(Br)c3)[nH]c2=O)CC1. The lowest BCUT2D eigenvalue weighted by molar-refractivity contribution is -0.119. The fourth-order valence-electron chi connectivity index (χ4n) is 2.75. The molecule has 1 amide bonds. The van der Waals surface area contributed by atoms with Gasteiger partial charge in [0.2, 0.25) is 6.41 Å². The van der Waals surface area contributed by atoms with Gasteiger partial charge in [0.05, 0.1) is 5.69 Å². The number of hydrogen-bond acceptors (Lipinski definition) is 2. The highest BCUT2D eigenvalue weighted by atomic mass is 79.9. The first-order valence-corrected chi connectivity index (χ1v) is 7.73. The van der Waals surface area contributed by atoms with E-state index >= 15 is 0 Å². The number of carbonyl (C=O) groups excluding carboxylic acids is 1. The second-order valence-corrected chi connectivity index (χ2v) is 6.18. The van der Waals surface area contributed by atoms with Gasteiger partial charge in [0.25, 0.3) is 0 Å². The third-order valence-electron chi connectivity index (χ3n) is 3.92. The van der Waals surface area contributed by atoms with Crippen LogP contribution in [0.1, 0.15) is 18.9 Å². The Kier molecular flexibility index (Phi) is 3.96. The summed E-state index contributed by atoms with van der Waals surface area (Å²) in [5.74, 6) is 0. The predicted molar refractivity (Wildman–Crippen MR) is 84.1 cm³/mol. The smallest absolute Gasteiger partial charge is 0.326 e. The standard InChI is InChI=1S/C15H16BrN3O2/c16-12-3-1-2-11(8-12)14-9-19(15(21)17-14)13-4-6-18(10-20)7-5-13/h1-3,8-10,13H,4-7H2,(H,17,21). The van der Waals surface area contributed by atoms with Gasteiger partial charge in [-0.2, -0.15) is 0 Å². The molecule has 1 N–H and O–H groups in total. The molecule has 1 saturated heterocycles. The number of nitrogens with one attached hydrogen (secondary N) is 1. The summed E-state index contributed by atoms with van der Waals surface area (Å²) in [5, 5.41) is 0. The Morgan fingerprint density at radius 3 is 2.71 bits per heavy atom. The first kappa shape index (κ1) is 14.1. The molecule has 1 aromatic heterocycles. The molecule has 0 unspecified atom stereocenters. The van der Waals surface area contributed by atoms with Crippen LogP contribution >= 0.6 is 15.9 Å². The van der Waals surface area contributed by atoms with Crippen LogP contribution in [0.2, 0.25) is 0 Å². The van der Waals surface area contributed by atoms with Crippen LogP contribution in [0.3, 0.4) is 0 Å². The van der Waals surface area contributed by atoms with Crippen LogP contribution in [0.15, 0.2) is 39.7 Å². The van der Waals surface area contributed by atoms with Crippen molar-refractivity contribution in [3.05, 3.63) is 45.4 Å². The summed E-state index contributed by atoms with van der Waals surface area (Å²) < 4.78 is 2.74. The van der Waals surface area contributed by atoms with Gasteiger partial charge < -0.3 is 9.88 Å². The molecule has 1 aliphatic heterocycles. The van der Waals surface area contributed by atoms with Gasteiger partial charge in [0.1, 0.15) is 0 Å². The average Bonchev–Trinajstić information content (AvgIpc) is 2.89. The van der Waals surface area contributed by atoms with E-state index < -0.39 is 0 Å². The van der Waals surface area contributed by atoms with Crippen molar-refractivity contribution in [2.45, 2.75) is 18.9 Å². The van der Waals surface area contributed by atoms with Crippen LogP contribution in [0, 0.1) is 0 Å². The highest BCUT2D eigenvalue weighted by Gasteiger charge is 2.21. The van der Waals surface area contributed by atoms with Crippen molar-refractivity contribution in [2.24, 2.45) is 0 Å². The minimum atomic E-state index is -0.0884. The molecule has 5 nitrogen and oxygen atoms in total. The zero-order chi connectivity index (χ0) is 14.8. The molecule has 2 aromatic rings. The van der Waals surface area contributed by atoms with Crippen LogP contribution in [0.4, 0.5) is 0 Å². The van der Waals surface area contributed by atoms with Crippen LogP contribution in [0.5, 0.6) is 0 Å². The molecular weight excluding hydrogens is 334 g/mol. The second kappa shape index (κ2) is 5.89. The molecule has 110 valence electrons. The number of benzene rings is 1. The predicted octanol–water partition coefficient (Wildman–Crippen LogP) is 2.40. The van der Waals surface area contributed by atoms with Crippen molar-refractivity contribution in [1.29, 1.82) is 0 Å². The van der Waals surface area contributed by atoms with Crippen molar-refractivity contribution in [2.75, 3.05) is 13.1 Å². The minimum Gasteiger partial charge on any atom is -0.345 e. The Bertz CT molecular complexity index is 699. The second-order valence-electron chi connectivity index (χ2n) is 5.26. The summed E-state index contributed by atoms with van der Waals surface area (Å²) in [5.41, 5.74) is 1.71. The van der Waals surface area contributed by atoms with E-state index in [4.69, 9.17) is 0 Å². The number of amides is 1. The van der Waals surface area contributed by atoms with E-state index in [1.54, 1.807) is 9.47 Å². The number of aromatic nitrogens is 2. The zero-order valence-electron chi connectivity index (χ0n) is 11.5. The summed E-state index contributed by atoms with van der Waals surface area (Å²) in [6.45, 7) is 1.41. The zero-order valence-corrected chi connectivity index (χ0v) is 13.0. The largest absolute Gasteiger partial charge is 0.345 e. The van der Waals surface area contributed by atoms with Crippen LogP contribution in [0.25, 0.3) is 11.3 Å². The van der Waals surface area contributed by atoms with Crippen molar-refractivity contribution >= 4 is 22.3 Å². The molecule has 0 saturated carbocycles. The number of hydrogen-bond donors (Lipinski definition) is 1. The van der Waals surface area contributed by atoms with E-state index in [0.717, 1.165) is 35.0 Å². The quantitative estimate of drug-likeness (QED) is 0.865. The number of carbonyl (C=O) groups is 1. The monoisotopic (exact) mass is 349 g/mol. The normalized spacial score (nSPS) is 16.1. The number of imidazole rings is 1. The Morgan fingerprint density at radius 1 is 1.29 bits per heavy atom. The molecule has 0 radical (unpaired) electrons. The van der Waals surface area contributed by atoms with Gasteiger partial charge >= 0.3 is 5.69 Å². The lowest BCUT2D eigenvalue weighted by Gasteiger charge is -2.29.